The van der Waals surface area contributed by atoms with E-state index in [-0.39, 0.29) is 17.9 Å². The van der Waals surface area contributed by atoms with Crippen LogP contribution in [0.3, 0.4) is 0 Å². The molecule has 2 rings (SSSR count). The fraction of sp³-hybridized carbons (Fsp3) is 0.538. The average Bonchev–Trinajstić information content (AvgIpc) is 2.34. The third kappa shape index (κ3) is 3.36. The molecule has 1 fully saturated rings. The molecule has 0 bridgehead atoms. The van der Waals surface area contributed by atoms with Gasteiger partial charge in [-0.15, -0.1) is 0 Å². The molecular weight excluding hydrogens is 252 g/mol. The highest BCUT2D eigenvalue weighted by molar-refractivity contribution is 6.30. The van der Waals surface area contributed by atoms with Gasteiger partial charge >= 0.3 is 0 Å². The van der Waals surface area contributed by atoms with Crippen LogP contribution < -0.4 is 5.73 Å². The first-order chi connectivity index (χ1) is 8.56. The Kier molecular flexibility index (Phi) is 4.45. The lowest BCUT2D eigenvalue weighted by molar-refractivity contribution is -0.0405. The number of nitrogens with zero attached hydrogens (tertiary/aromatic N) is 1. The molecule has 0 spiro atoms. The SMILES string of the molecule is CC(N)C1CN(Cc2cc(Cl)ccc2O)CCO1. The summed E-state index contributed by atoms with van der Waals surface area (Å²) < 4.78 is 5.61. The molecular formula is C13H19ClN2O2. The number of aromatic hydroxyl groups is 1. The molecule has 0 saturated carbocycles. The number of phenols is 1. The molecule has 1 aliphatic heterocycles. The second-order valence-corrected chi connectivity index (χ2v) is 5.21. The largest absolute Gasteiger partial charge is 0.508 e. The van der Waals surface area contributed by atoms with E-state index in [4.69, 9.17) is 22.1 Å². The van der Waals surface area contributed by atoms with Crippen LogP contribution in [0.1, 0.15) is 12.5 Å². The van der Waals surface area contributed by atoms with Gasteiger partial charge in [0.05, 0.1) is 12.7 Å². The van der Waals surface area contributed by atoms with E-state index in [2.05, 4.69) is 4.90 Å². The molecule has 1 saturated heterocycles. The van der Waals surface area contributed by atoms with Crippen LogP contribution in [-0.4, -0.2) is 41.8 Å². The summed E-state index contributed by atoms with van der Waals surface area (Å²) in [5.41, 5.74) is 6.70. The topological polar surface area (TPSA) is 58.7 Å². The van der Waals surface area contributed by atoms with Crippen molar-refractivity contribution in [1.29, 1.82) is 0 Å². The number of nitrogens with two attached hydrogens (primary N) is 1. The maximum atomic E-state index is 9.80. The van der Waals surface area contributed by atoms with E-state index in [1.54, 1.807) is 18.2 Å². The molecule has 1 aliphatic rings. The first kappa shape index (κ1) is 13.6. The Morgan fingerprint density at radius 1 is 1.61 bits per heavy atom. The van der Waals surface area contributed by atoms with Crippen LogP contribution in [0.25, 0.3) is 0 Å². The van der Waals surface area contributed by atoms with Crippen LogP contribution in [-0.2, 0) is 11.3 Å². The molecule has 0 aromatic heterocycles. The quantitative estimate of drug-likeness (QED) is 0.876. The zero-order chi connectivity index (χ0) is 13.1. The molecule has 2 unspecified atom stereocenters. The second kappa shape index (κ2) is 5.89. The number of morpholine rings is 1. The molecule has 0 aliphatic carbocycles. The summed E-state index contributed by atoms with van der Waals surface area (Å²) in [7, 11) is 0. The van der Waals surface area contributed by atoms with E-state index >= 15 is 0 Å². The third-order valence-electron chi connectivity index (χ3n) is 3.20. The van der Waals surface area contributed by atoms with Gasteiger partial charge in [-0.25, -0.2) is 0 Å². The normalized spacial score (nSPS) is 22.9. The highest BCUT2D eigenvalue weighted by Crippen LogP contribution is 2.23. The van der Waals surface area contributed by atoms with Gasteiger partial charge < -0.3 is 15.6 Å². The summed E-state index contributed by atoms with van der Waals surface area (Å²) in [4.78, 5) is 2.23. The first-order valence-corrected chi connectivity index (χ1v) is 6.51. The van der Waals surface area contributed by atoms with Crippen molar-refractivity contribution in [3.63, 3.8) is 0 Å². The van der Waals surface area contributed by atoms with Crippen molar-refractivity contribution in [2.75, 3.05) is 19.7 Å². The summed E-state index contributed by atoms with van der Waals surface area (Å²) in [6, 6.07) is 5.12. The van der Waals surface area contributed by atoms with Gasteiger partial charge in [0.2, 0.25) is 0 Å². The lowest BCUT2D eigenvalue weighted by Crippen LogP contribution is -2.49. The molecule has 4 nitrogen and oxygen atoms in total. The summed E-state index contributed by atoms with van der Waals surface area (Å²) in [6.45, 7) is 4.91. The van der Waals surface area contributed by atoms with Crippen LogP contribution in [0.4, 0.5) is 0 Å². The van der Waals surface area contributed by atoms with Gasteiger partial charge in [-0.2, -0.15) is 0 Å². The maximum Gasteiger partial charge on any atom is 0.120 e. The fourth-order valence-electron chi connectivity index (χ4n) is 2.11. The van der Waals surface area contributed by atoms with E-state index in [0.29, 0.717) is 18.2 Å². The minimum absolute atomic E-state index is 0.0146. The van der Waals surface area contributed by atoms with Crippen molar-refractivity contribution >= 4 is 11.6 Å². The monoisotopic (exact) mass is 270 g/mol. The molecule has 18 heavy (non-hydrogen) atoms. The van der Waals surface area contributed by atoms with Gasteiger partial charge in [-0.3, -0.25) is 4.90 Å². The lowest BCUT2D eigenvalue weighted by Gasteiger charge is -2.34. The van der Waals surface area contributed by atoms with Crippen molar-refractivity contribution < 1.29 is 9.84 Å². The predicted octanol–water partition coefficient (Wildman–Crippen LogP) is 1.59. The standard InChI is InChI=1S/C13H19ClN2O2/c1-9(15)13-8-16(4-5-18-13)7-10-6-11(14)2-3-12(10)17/h2-3,6,9,13,17H,4-5,7-8,15H2,1H3. The summed E-state index contributed by atoms with van der Waals surface area (Å²) in [5, 5.41) is 10.4. The molecule has 0 radical (unpaired) electrons. The van der Waals surface area contributed by atoms with Crippen molar-refractivity contribution in [2.45, 2.75) is 25.6 Å². The van der Waals surface area contributed by atoms with Crippen LogP contribution in [0.15, 0.2) is 18.2 Å². The molecule has 3 N–H and O–H groups in total. The summed E-state index contributed by atoms with van der Waals surface area (Å²) in [6.07, 6.45) is 0.0556. The van der Waals surface area contributed by atoms with Crippen LogP contribution in [0.2, 0.25) is 5.02 Å². The molecule has 1 aromatic carbocycles. The van der Waals surface area contributed by atoms with Gasteiger partial charge in [0, 0.05) is 36.3 Å². The lowest BCUT2D eigenvalue weighted by atomic mass is 10.1. The minimum atomic E-state index is 0.0146. The first-order valence-electron chi connectivity index (χ1n) is 6.13. The van der Waals surface area contributed by atoms with Gasteiger partial charge in [0.25, 0.3) is 0 Å². The zero-order valence-electron chi connectivity index (χ0n) is 10.5. The number of rotatable bonds is 3. The van der Waals surface area contributed by atoms with Crippen LogP contribution in [0.5, 0.6) is 5.75 Å². The third-order valence-corrected chi connectivity index (χ3v) is 3.43. The van der Waals surface area contributed by atoms with Crippen molar-refractivity contribution in [3.8, 4) is 5.75 Å². The van der Waals surface area contributed by atoms with Crippen LogP contribution >= 0.6 is 11.6 Å². The zero-order valence-corrected chi connectivity index (χ0v) is 11.2. The van der Waals surface area contributed by atoms with E-state index < -0.39 is 0 Å². The summed E-state index contributed by atoms with van der Waals surface area (Å²) >= 11 is 5.94. The van der Waals surface area contributed by atoms with Crippen molar-refractivity contribution in [1.82, 2.24) is 4.90 Å². The van der Waals surface area contributed by atoms with Crippen molar-refractivity contribution in [2.24, 2.45) is 5.73 Å². The Balaban J connectivity index is 2.02. The van der Waals surface area contributed by atoms with E-state index in [1.807, 2.05) is 6.92 Å². The minimum Gasteiger partial charge on any atom is -0.508 e. The Hall–Kier alpha value is -0.810. The fourth-order valence-corrected chi connectivity index (χ4v) is 2.31. The van der Waals surface area contributed by atoms with Crippen LogP contribution in [0, 0.1) is 0 Å². The summed E-state index contributed by atoms with van der Waals surface area (Å²) in [5.74, 6) is 0.281. The molecule has 100 valence electrons. The number of hydrogen-bond acceptors (Lipinski definition) is 4. The Morgan fingerprint density at radius 3 is 3.11 bits per heavy atom. The van der Waals surface area contributed by atoms with E-state index in [9.17, 15) is 5.11 Å². The number of phenolic OH excluding ortho intramolecular Hbond substituents is 1. The average molecular weight is 271 g/mol. The van der Waals surface area contributed by atoms with Crippen molar-refractivity contribution in [3.05, 3.63) is 28.8 Å². The molecule has 2 atom stereocenters. The molecule has 1 heterocycles. The Morgan fingerprint density at radius 2 is 2.39 bits per heavy atom. The van der Waals surface area contributed by atoms with Gasteiger partial charge in [-0.05, 0) is 25.1 Å². The Bertz CT molecular complexity index is 412. The number of hydrogen-bond donors (Lipinski definition) is 2. The van der Waals surface area contributed by atoms with E-state index in [0.717, 1.165) is 18.7 Å². The number of halogens is 1. The number of benzene rings is 1. The van der Waals surface area contributed by atoms with Gasteiger partial charge in [-0.1, -0.05) is 11.6 Å². The molecule has 1 aromatic rings. The highest BCUT2D eigenvalue weighted by Gasteiger charge is 2.23. The molecule has 0 amide bonds. The predicted molar refractivity (Wildman–Crippen MR) is 71.8 cm³/mol. The Labute approximate surface area is 112 Å². The smallest absolute Gasteiger partial charge is 0.120 e. The molecule has 5 heteroatoms. The number of ether oxygens (including phenoxy) is 1. The van der Waals surface area contributed by atoms with Gasteiger partial charge in [0.1, 0.15) is 5.75 Å². The van der Waals surface area contributed by atoms with E-state index in [1.165, 1.54) is 0 Å². The second-order valence-electron chi connectivity index (χ2n) is 4.78. The highest BCUT2D eigenvalue weighted by atomic mass is 35.5. The van der Waals surface area contributed by atoms with Gasteiger partial charge in [0.15, 0.2) is 0 Å². The maximum absolute atomic E-state index is 9.80.